The Hall–Kier alpha value is -1.79. The molecule has 2 N–H and O–H groups in total. The van der Waals surface area contributed by atoms with Gasteiger partial charge in [-0.1, -0.05) is 37.0 Å². The van der Waals surface area contributed by atoms with Crippen molar-refractivity contribution in [1.29, 1.82) is 0 Å². The highest BCUT2D eigenvalue weighted by atomic mass is 35.5. The third-order valence-corrected chi connectivity index (χ3v) is 3.73. The van der Waals surface area contributed by atoms with Crippen LogP contribution in [0.1, 0.15) is 38.1 Å². The molecule has 25 heavy (non-hydrogen) atoms. The maximum Gasteiger partial charge on any atom is 0.329 e. The number of benzene rings is 1. The zero-order chi connectivity index (χ0) is 19.1. The predicted octanol–water partition coefficient (Wildman–Crippen LogP) is 2.82. The highest BCUT2D eigenvalue weighted by molar-refractivity contribution is 6.36. The minimum atomic E-state index is -0.911. The van der Waals surface area contributed by atoms with E-state index in [1.807, 2.05) is 0 Å². The van der Waals surface area contributed by atoms with Gasteiger partial charge < -0.3 is 15.4 Å². The Labute approximate surface area is 157 Å². The zero-order valence-corrected chi connectivity index (χ0v) is 16.1. The van der Waals surface area contributed by atoms with E-state index >= 15 is 0 Å². The van der Waals surface area contributed by atoms with Crippen molar-refractivity contribution in [3.8, 4) is 0 Å². The van der Waals surface area contributed by atoms with Crippen LogP contribution in [0.3, 0.4) is 0 Å². The minimum absolute atomic E-state index is 0.0566. The maximum atomic E-state index is 12.4. The lowest BCUT2D eigenvalue weighted by atomic mass is 10.0. The monoisotopic (exact) mass is 388 g/mol. The first-order valence-corrected chi connectivity index (χ1v) is 8.59. The van der Waals surface area contributed by atoms with Gasteiger partial charge in [0.2, 0.25) is 0 Å². The summed E-state index contributed by atoms with van der Waals surface area (Å²) in [4.78, 5) is 36.1. The number of nitrogens with one attached hydrogen (secondary N) is 2. The Kier molecular flexibility index (Phi) is 8.19. The van der Waals surface area contributed by atoms with Gasteiger partial charge >= 0.3 is 5.97 Å². The van der Waals surface area contributed by atoms with E-state index in [4.69, 9.17) is 27.9 Å². The molecule has 0 aromatic heterocycles. The SMILES string of the molecule is CC(C)NC(=O)COC(=O)[C@@H](NC(=O)c1ccc(Cl)cc1Cl)C(C)C. The molecule has 0 saturated heterocycles. The second-order valence-electron chi connectivity index (χ2n) is 6.15. The molecule has 6 nitrogen and oxygen atoms in total. The van der Waals surface area contributed by atoms with Gasteiger partial charge in [0.15, 0.2) is 6.61 Å². The van der Waals surface area contributed by atoms with E-state index in [0.717, 1.165) is 0 Å². The molecule has 1 rings (SSSR count). The van der Waals surface area contributed by atoms with Crippen molar-refractivity contribution in [2.75, 3.05) is 6.61 Å². The van der Waals surface area contributed by atoms with Crippen LogP contribution in [0.4, 0.5) is 0 Å². The largest absolute Gasteiger partial charge is 0.454 e. The van der Waals surface area contributed by atoms with Crippen LogP contribution in [0, 0.1) is 5.92 Å². The average Bonchev–Trinajstić information content (AvgIpc) is 2.49. The number of carbonyl (C=O) groups is 3. The minimum Gasteiger partial charge on any atom is -0.454 e. The Morgan fingerprint density at radius 2 is 1.72 bits per heavy atom. The number of amides is 2. The fourth-order valence-electron chi connectivity index (χ4n) is 1.98. The summed E-state index contributed by atoms with van der Waals surface area (Å²) < 4.78 is 4.99. The van der Waals surface area contributed by atoms with E-state index in [1.165, 1.54) is 18.2 Å². The number of hydrogen-bond acceptors (Lipinski definition) is 4. The van der Waals surface area contributed by atoms with Gasteiger partial charge in [-0.3, -0.25) is 9.59 Å². The molecule has 0 radical (unpaired) electrons. The quantitative estimate of drug-likeness (QED) is 0.703. The second kappa shape index (κ2) is 9.63. The topological polar surface area (TPSA) is 84.5 Å². The lowest BCUT2D eigenvalue weighted by Crippen LogP contribution is -2.46. The van der Waals surface area contributed by atoms with E-state index in [1.54, 1.807) is 27.7 Å². The highest BCUT2D eigenvalue weighted by Gasteiger charge is 2.27. The third-order valence-electron chi connectivity index (χ3n) is 3.18. The van der Waals surface area contributed by atoms with E-state index < -0.39 is 30.4 Å². The van der Waals surface area contributed by atoms with Crippen LogP contribution < -0.4 is 10.6 Å². The average molecular weight is 389 g/mol. The van der Waals surface area contributed by atoms with Gasteiger partial charge in [0.25, 0.3) is 11.8 Å². The van der Waals surface area contributed by atoms with Crippen LogP contribution in [0.5, 0.6) is 0 Å². The predicted molar refractivity (Wildman–Crippen MR) is 96.8 cm³/mol. The third kappa shape index (κ3) is 6.92. The maximum absolute atomic E-state index is 12.4. The van der Waals surface area contributed by atoms with Gasteiger partial charge in [-0.05, 0) is 38.0 Å². The van der Waals surface area contributed by atoms with Gasteiger partial charge in [0.1, 0.15) is 6.04 Å². The van der Waals surface area contributed by atoms with E-state index in [9.17, 15) is 14.4 Å². The van der Waals surface area contributed by atoms with Crippen LogP contribution in [-0.2, 0) is 14.3 Å². The molecule has 1 atom stereocenters. The van der Waals surface area contributed by atoms with Gasteiger partial charge in [0, 0.05) is 11.1 Å². The number of hydrogen-bond donors (Lipinski definition) is 2. The summed E-state index contributed by atoms with van der Waals surface area (Å²) in [5, 5.41) is 5.78. The summed E-state index contributed by atoms with van der Waals surface area (Å²) in [6.45, 7) is 6.70. The Morgan fingerprint density at radius 1 is 1.08 bits per heavy atom. The summed E-state index contributed by atoms with van der Waals surface area (Å²) in [6, 6.07) is 3.47. The first-order chi connectivity index (χ1) is 11.6. The van der Waals surface area contributed by atoms with Crippen LogP contribution in [0.2, 0.25) is 10.0 Å². The lowest BCUT2D eigenvalue weighted by Gasteiger charge is -2.21. The first kappa shape index (κ1) is 21.3. The number of ether oxygens (including phenoxy) is 1. The van der Waals surface area contributed by atoms with E-state index in [2.05, 4.69) is 10.6 Å². The van der Waals surface area contributed by atoms with Crippen molar-refractivity contribution in [2.24, 2.45) is 5.92 Å². The van der Waals surface area contributed by atoms with Gasteiger partial charge in [-0.2, -0.15) is 0 Å². The molecule has 138 valence electrons. The van der Waals surface area contributed by atoms with Crippen molar-refractivity contribution in [3.63, 3.8) is 0 Å². The molecule has 0 spiro atoms. The fourth-order valence-corrected chi connectivity index (χ4v) is 2.47. The molecule has 0 aliphatic rings. The smallest absolute Gasteiger partial charge is 0.329 e. The Bertz CT molecular complexity index is 648. The van der Waals surface area contributed by atoms with Crippen LogP contribution in [0.25, 0.3) is 0 Å². The van der Waals surface area contributed by atoms with Gasteiger partial charge in [0.05, 0.1) is 10.6 Å². The molecule has 0 fully saturated rings. The first-order valence-electron chi connectivity index (χ1n) is 7.83. The molecule has 0 aliphatic heterocycles. The summed E-state index contributed by atoms with van der Waals surface area (Å²) in [5.41, 5.74) is 0.196. The lowest BCUT2D eigenvalue weighted by molar-refractivity contribution is -0.151. The summed E-state index contributed by atoms with van der Waals surface area (Å²) in [5.74, 6) is -1.86. The Balaban J connectivity index is 2.74. The zero-order valence-electron chi connectivity index (χ0n) is 14.6. The molecule has 0 heterocycles. The molecular weight excluding hydrogens is 367 g/mol. The summed E-state index contributed by atoms with van der Waals surface area (Å²) in [7, 11) is 0. The highest BCUT2D eigenvalue weighted by Crippen LogP contribution is 2.21. The summed E-state index contributed by atoms with van der Waals surface area (Å²) in [6.07, 6.45) is 0. The van der Waals surface area contributed by atoms with Crippen LogP contribution >= 0.6 is 23.2 Å². The molecule has 0 bridgehead atoms. The number of rotatable bonds is 7. The van der Waals surface area contributed by atoms with Crippen molar-refractivity contribution >= 4 is 41.0 Å². The van der Waals surface area contributed by atoms with E-state index in [-0.39, 0.29) is 22.5 Å². The van der Waals surface area contributed by atoms with Crippen molar-refractivity contribution < 1.29 is 19.1 Å². The summed E-state index contributed by atoms with van der Waals surface area (Å²) >= 11 is 11.8. The molecule has 2 amide bonds. The second-order valence-corrected chi connectivity index (χ2v) is 6.99. The molecule has 0 aliphatic carbocycles. The molecule has 0 unspecified atom stereocenters. The standard InChI is InChI=1S/C17H22Cl2N2O4/c1-9(2)15(17(24)25-8-14(22)20-10(3)4)21-16(23)12-6-5-11(18)7-13(12)19/h5-7,9-10,15H,8H2,1-4H3,(H,20,22)(H,21,23)/t15-/m0/s1. The Morgan fingerprint density at radius 3 is 2.24 bits per heavy atom. The molecule has 0 saturated carbocycles. The number of halogens is 2. The van der Waals surface area contributed by atoms with Crippen LogP contribution in [-0.4, -0.2) is 36.5 Å². The van der Waals surface area contributed by atoms with Gasteiger partial charge in [-0.25, -0.2) is 4.79 Å². The van der Waals surface area contributed by atoms with E-state index in [0.29, 0.717) is 5.02 Å². The molecule has 1 aromatic rings. The van der Waals surface area contributed by atoms with Gasteiger partial charge in [-0.15, -0.1) is 0 Å². The van der Waals surface area contributed by atoms with Crippen molar-refractivity contribution in [3.05, 3.63) is 33.8 Å². The fraction of sp³-hybridized carbons (Fsp3) is 0.471. The van der Waals surface area contributed by atoms with Crippen molar-refractivity contribution in [2.45, 2.75) is 39.8 Å². The number of carbonyl (C=O) groups excluding carboxylic acids is 3. The van der Waals surface area contributed by atoms with Crippen LogP contribution in [0.15, 0.2) is 18.2 Å². The normalized spacial score (nSPS) is 12.0. The number of esters is 1. The molecular formula is C17H22Cl2N2O4. The van der Waals surface area contributed by atoms with Crippen molar-refractivity contribution in [1.82, 2.24) is 10.6 Å². The molecule has 8 heteroatoms. The molecule has 1 aromatic carbocycles.